The molecule has 10 nitrogen and oxygen atoms in total. The first kappa shape index (κ1) is 30.5. The number of hydrogen-bond donors (Lipinski definition) is 2. The number of hydrazone groups is 1. The van der Waals surface area contributed by atoms with Gasteiger partial charge in [-0.15, -0.1) is 0 Å². The highest BCUT2D eigenvalue weighted by atomic mass is 16.5. The van der Waals surface area contributed by atoms with Crippen molar-refractivity contribution in [3.63, 3.8) is 0 Å². The second-order valence-electron chi connectivity index (χ2n) is 10.1. The fourth-order valence-electron chi connectivity index (χ4n) is 4.80. The van der Waals surface area contributed by atoms with Gasteiger partial charge in [0.05, 0.1) is 31.1 Å². The molecular weight excluding hydrogens is 570 g/mol. The summed E-state index contributed by atoms with van der Waals surface area (Å²) in [4.78, 5) is 38.9. The molecule has 226 valence electrons. The molecule has 1 aliphatic rings. The van der Waals surface area contributed by atoms with Crippen molar-refractivity contribution in [2.24, 2.45) is 5.10 Å². The number of carbonyl (C=O) groups excluding carboxylic acids is 3. The number of rotatable bonds is 9. The van der Waals surface area contributed by atoms with Crippen LogP contribution in [-0.4, -0.2) is 48.7 Å². The Labute approximate surface area is 260 Å². The predicted octanol–water partition coefficient (Wildman–Crippen LogP) is 6.11. The van der Waals surface area contributed by atoms with Crippen molar-refractivity contribution < 1.29 is 23.9 Å². The number of nitriles is 1. The van der Waals surface area contributed by atoms with E-state index < -0.39 is 0 Å². The third kappa shape index (κ3) is 7.35. The van der Waals surface area contributed by atoms with Gasteiger partial charge in [-0.25, -0.2) is 5.01 Å². The molecule has 0 saturated carbocycles. The quantitative estimate of drug-likeness (QED) is 0.238. The SMILES string of the molecule is CCOc1cc(C2=NN(C(=O)c3ccc(NC(=O)c4cccc(NC(=O)c5ccc(C#N)cc5)c4)cc3)CCC2)ccc1OC. The van der Waals surface area contributed by atoms with Crippen LogP contribution in [0.2, 0.25) is 0 Å². The molecule has 2 N–H and O–H groups in total. The van der Waals surface area contributed by atoms with Gasteiger partial charge in [0.2, 0.25) is 0 Å². The Morgan fingerprint density at radius 1 is 0.844 bits per heavy atom. The molecule has 5 rings (SSSR count). The van der Waals surface area contributed by atoms with Gasteiger partial charge in [-0.05, 0) is 105 Å². The molecule has 1 heterocycles. The van der Waals surface area contributed by atoms with Gasteiger partial charge in [0.1, 0.15) is 0 Å². The van der Waals surface area contributed by atoms with Crippen molar-refractivity contribution in [1.29, 1.82) is 5.26 Å². The van der Waals surface area contributed by atoms with E-state index in [1.807, 2.05) is 31.2 Å². The number of carbonyl (C=O) groups is 3. The minimum atomic E-state index is -0.375. The second-order valence-corrected chi connectivity index (χ2v) is 10.1. The first-order valence-electron chi connectivity index (χ1n) is 14.4. The van der Waals surface area contributed by atoms with Crippen molar-refractivity contribution in [2.75, 3.05) is 30.9 Å². The van der Waals surface area contributed by atoms with E-state index in [0.29, 0.717) is 58.3 Å². The zero-order chi connectivity index (χ0) is 31.8. The molecule has 0 aromatic heterocycles. The highest BCUT2D eigenvalue weighted by molar-refractivity contribution is 6.08. The van der Waals surface area contributed by atoms with Crippen molar-refractivity contribution in [2.45, 2.75) is 19.8 Å². The molecule has 45 heavy (non-hydrogen) atoms. The van der Waals surface area contributed by atoms with Gasteiger partial charge in [-0.2, -0.15) is 10.4 Å². The van der Waals surface area contributed by atoms with Gasteiger partial charge in [-0.1, -0.05) is 6.07 Å². The largest absolute Gasteiger partial charge is 0.493 e. The summed E-state index contributed by atoms with van der Waals surface area (Å²) in [6, 6.07) is 27.1. The van der Waals surface area contributed by atoms with E-state index in [1.54, 1.807) is 79.9 Å². The Morgan fingerprint density at radius 2 is 1.56 bits per heavy atom. The van der Waals surface area contributed by atoms with Gasteiger partial charge in [-0.3, -0.25) is 14.4 Å². The molecule has 4 aromatic rings. The molecule has 0 radical (unpaired) electrons. The Hall–Kier alpha value is -5.95. The maximum absolute atomic E-state index is 13.3. The number of methoxy groups -OCH3 is 1. The molecule has 0 aliphatic carbocycles. The third-order valence-corrected chi connectivity index (χ3v) is 7.10. The standard InChI is InChI=1S/C35H31N5O5/c1-3-45-32-21-26(15-18-31(32)44-2)30-8-5-19-40(39-30)35(43)25-13-16-28(17-14-25)37-34(42)27-6-4-7-29(20-27)38-33(41)24-11-9-23(22-36)10-12-24/h4,6-7,9-18,20-21H,3,5,8,19H2,1-2H3,(H,37,42)(H,38,41). The highest BCUT2D eigenvalue weighted by Crippen LogP contribution is 2.30. The van der Waals surface area contributed by atoms with E-state index >= 15 is 0 Å². The van der Waals surface area contributed by atoms with Crippen LogP contribution in [0.3, 0.4) is 0 Å². The Morgan fingerprint density at radius 3 is 2.27 bits per heavy atom. The molecule has 0 saturated heterocycles. The topological polar surface area (TPSA) is 133 Å². The van der Waals surface area contributed by atoms with E-state index in [0.717, 1.165) is 24.1 Å². The summed E-state index contributed by atoms with van der Waals surface area (Å²) < 4.78 is 11.1. The lowest BCUT2D eigenvalue weighted by Crippen LogP contribution is -2.32. The lowest BCUT2D eigenvalue weighted by Gasteiger charge is -2.24. The molecule has 0 fully saturated rings. The third-order valence-electron chi connectivity index (χ3n) is 7.10. The fraction of sp³-hybridized carbons (Fsp3) is 0.171. The summed E-state index contributed by atoms with van der Waals surface area (Å²) in [5, 5.41) is 20.6. The van der Waals surface area contributed by atoms with Crippen LogP contribution in [0, 0.1) is 11.3 Å². The smallest absolute Gasteiger partial charge is 0.273 e. The van der Waals surface area contributed by atoms with Crippen LogP contribution >= 0.6 is 0 Å². The number of nitrogens with one attached hydrogen (secondary N) is 2. The predicted molar refractivity (Wildman–Crippen MR) is 171 cm³/mol. The van der Waals surface area contributed by atoms with Gasteiger partial charge in [0.25, 0.3) is 17.7 Å². The van der Waals surface area contributed by atoms with Gasteiger partial charge in [0, 0.05) is 40.2 Å². The first-order chi connectivity index (χ1) is 21.9. The summed E-state index contributed by atoms with van der Waals surface area (Å²) in [5.41, 5.74) is 4.24. The van der Waals surface area contributed by atoms with Crippen LogP contribution in [0.1, 0.15) is 62.0 Å². The van der Waals surface area contributed by atoms with E-state index in [-0.39, 0.29) is 17.7 Å². The summed E-state index contributed by atoms with van der Waals surface area (Å²) in [5.74, 6) is 0.285. The fourth-order valence-corrected chi connectivity index (χ4v) is 4.80. The molecule has 10 heteroatoms. The number of nitrogens with zero attached hydrogens (tertiary/aromatic N) is 3. The number of ether oxygens (including phenoxy) is 2. The van der Waals surface area contributed by atoms with Crippen LogP contribution in [0.25, 0.3) is 0 Å². The van der Waals surface area contributed by atoms with Crippen LogP contribution in [0.15, 0.2) is 96.1 Å². The molecule has 3 amide bonds. The number of benzene rings is 4. The molecule has 0 atom stereocenters. The Balaban J connectivity index is 1.23. The van der Waals surface area contributed by atoms with Crippen molar-refractivity contribution in [3.05, 3.63) is 119 Å². The monoisotopic (exact) mass is 601 g/mol. The van der Waals surface area contributed by atoms with E-state index in [2.05, 4.69) is 15.7 Å². The maximum atomic E-state index is 13.3. The zero-order valence-corrected chi connectivity index (χ0v) is 24.9. The summed E-state index contributed by atoms with van der Waals surface area (Å²) in [6.45, 7) is 2.90. The summed E-state index contributed by atoms with van der Waals surface area (Å²) >= 11 is 0. The van der Waals surface area contributed by atoms with Crippen molar-refractivity contribution in [1.82, 2.24) is 5.01 Å². The molecule has 0 unspecified atom stereocenters. The lowest BCUT2D eigenvalue weighted by atomic mass is 10.0. The Kier molecular flexibility index (Phi) is 9.50. The van der Waals surface area contributed by atoms with E-state index in [9.17, 15) is 14.4 Å². The number of amides is 3. The van der Waals surface area contributed by atoms with Gasteiger partial charge in [0.15, 0.2) is 11.5 Å². The van der Waals surface area contributed by atoms with Crippen LogP contribution < -0.4 is 20.1 Å². The highest BCUT2D eigenvalue weighted by Gasteiger charge is 2.22. The van der Waals surface area contributed by atoms with Gasteiger partial charge >= 0.3 is 0 Å². The van der Waals surface area contributed by atoms with E-state index in [1.165, 1.54) is 5.01 Å². The Bertz CT molecular complexity index is 1790. The number of anilines is 2. The van der Waals surface area contributed by atoms with Crippen LogP contribution in [0.4, 0.5) is 11.4 Å². The average Bonchev–Trinajstić information content (AvgIpc) is 3.08. The van der Waals surface area contributed by atoms with Crippen LogP contribution in [-0.2, 0) is 0 Å². The summed E-state index contributed by atoms with van der Waals surface area (Å²) in [6.07, 6.45) is 1.49. The molecular formula is C35H31N5O5. The summed E-state index contributed by atoms with van der Waals surface area (Å²) in [7, 11) is 1.59. The van der Waals surface area contributed by atoms with E-state index in [4.69, 9.17) is 14.7 Å². The maximum Gasteiger partial charge on any atom is 0.273 e. The van der Waals surface area contributed by atoms with Crippen molar-refractivity contribution >= 4 is 34.8 Å². The first-order valence-corrected chi connectivity index (χ1v) is 14.4. The molecule has 4 aromatic carbocycles. The molecule has 0 bridgehead atoms. The lowest BCUT2D eigenvalue weighted by molar-refractivity contribution is 0.0751. The minimum absolute atomic E-state index is 0.241. The number of hydrogen-bond acceptors (Lipinski definition) is 7. The zero-order valence-electron chi connectivity index (χ0n) is 24.9. The second kappa shape index (κ2) is 14.0. The average molecular weight is 602 g/mol. The normalized spacial score (nSPS) is 12.4. The minimum Gasteiger partial charge on any atom is -0.493 e. The van der Waals surface area contributed by atoms with Gasteiger partial charge < -0.3 is 20.1 Å². The van der Waals surface area contributed by atoms with Crippen molar-refractivity contribution in [3.8, 4) is 17.6 Å². The molecule has 0 spiro atoms. The molecule has 1 aliphatic heterocycles. The van der Waals surface area contributed by atoms with Crippen LogP contribution in [0.5, 0.6) is 11.5 Å².